The van der Waals surface area contributed by atoms with Gasteiger partial charge in [0.25, 0.3) is 5.91 Å². The highest BCUT2D eigenvalue weighted by molar-refractivity contribution is 6.08. The lowest BCUT2D eigenvalue weighted by atomic mass is 9.73. The van der Waals surface area contributed by atoms with Crippen molar-refractivity contribution in [1.82, 2.24) is 9.78 Å². The highest BCUT2D eigenvalue weighted by Gasteiger charge is 2.42. The lowest BCUT2D eigenvalue weighted by molar-refractivity contribution is -0.137. The van der Waals surface area contributed by atoms with Gasteiger partial charge in [-0.3, -0.25) is 9.59 Å². The average Bonchev–Trinajstić information content (AvgIpc) is 3.20. The summed E-state index contributed by atoms with van der Waals surface area (Å²) in [5, 5.41) is 10.5. The molecule has 2 aliphatic rings. The third-order valence-electron chi connectivity index (χ3n) is 6.33. The predicted octanol–water partition coefficient (Wildman–Crippen LogP) is 5.81. The van der Waals surface area contributed by atoms with Crippen molar-refractivity contribution in [2.45, 2.75) is 38.9 Å². The molecule has 2 heterocycles. The molecule has 0 saturated heterocycles. The number of aromatic nitrogens is 2. The van der Waals surface area contributed by atoms with Gasteiger partial charge in [-0.15, -0.1) is 0 Å². The van der Waals surface area contributed by atoms with Gasteiger partial charge in [0.1, 0.15) is 17.4 Å². The average molecular weight is 480 g/mol. The minimum Gasteiger partial charge on any atom is -0.343 e. The largest absolute Gasteiger partial charge is 0.416 e. The molecule has 0 radical (unpaired) electrons. The molecule has 1 amide bonds. The summed E-state index contributed by atoms with van der Waals surface area (Å²) in [5.74, 6) is -0.0840. The van der Waals surface area contributed by atoms with Gasteiger partial charge in [0, 0.05) is 23.4 Å². The zero-order chi connectivity index (χ0) is 25.0. The summed E-state index contributed by atoms with van der Waals surface area (Å²) in [7, 11) is 0. The molecule has 0 bridgehead atoms. The topological polar surface area (TPSA) is 76.0 Å². The van der Waals surface area contributed by atoms with Crippen LogP contribution in [0.4, 0.5) is 24.7 Å². The Morgan fingerprint density at radius 1 is 1.09 bits per heavy atom. The number of allylic oxidation sites excluding steroid dienone is 2. The van der Waals surface area contributed by atoms with Gasteiger partial charge in [-0.1, -0.05) is 44.2 Å². The first kappa shape index (κ1) is 22.9. The lowest BCUT2D eigenvalue weighted by Gasteiger charge is -2.39. The minimum absolute atomic E-state index is 0.0925. The van der Waals surface area contributed by atoms with Crippen LogP contribution >= 0.6 is 0 Å². The van der Waals surface area contributed by atoms with E-state index in [2.05, 4.69) is 15.7 Å². The van der Waals surface area contributed by atoms with E-state index >= 15 is 0 Å². The highest BCUT2D eigenvalue weighted by atomic mass is 19.4. The Balaban J connectivity index is 1.60. The summed E-state index contributed by atoms with van der Waals surface area (Å²) in [5.41, 5.74) is 1.42. The summed E-state index contributed by atoms with van der Waals surface area (Å²) < 4.78 is 41.0. The van der Waals surface area contributed by atoms with Gasteiger partial charge in [-0.25, -0.2) is 4.68 Å². The molecule has 5 rings (SSSR count). The number of fused-ring (bicyclic) bond motifs is 1. The van der Waals surface area contributed by atoms with Gasteiger partial charge in [-0.05, 0) is 41.7 Å². The first-order chi connectivity index (χ1) is 16.5. The molecule has 1 aromatic heterocycles. The molecule has 2 N–H and O–H groups in total. The zero-order valence-corrected chi connectivity index (χ0v) is 19.1. The molecule has 180 valence electrons. The third-order valence-corrected chi connectivity index (χ3v) is 6.33. The molecule has 0 spiro atoms. The van der Waals surface area contributed by atoms with E-state index < -0.39 is 17.8 Å². The lowest BCUT2D eigenvalue weighted by Crippen LogP contribution is -2.37. The van der Waals surface area contributed by atoms with E-state index in [1.165, 1.54) is 23.0 Å². The number of nitrogens with one attached hydrogen (secondary N) is 2. The third kappa shape index (κ3) is 4.22. The first-order valence-electron chi connectivity index (χ1n) is 11.2. The summed E-state index contributed by atoms with van der Waals surface area (Å²) in [4.78, 5) is 26.3. The molecule has 1 atom stereocenters. The zero-order valence-electron chi connectivity index (χ0n) is 19.1. The van der Waals surface area contributed by atoms with Crippen molar-refractivity contribution in [2.75, 3.05) is 10.6 Å². The van der Waals surface area contributed by atoms with Gasteiger partial charge in [-0.2, -0.15) is 18.3 Å². The molecule has 0 saturated carbocycles. The molecule has 3 aromatic rings. The number of carbonyl (C=O) groups excluding carboxylic acids is 2. The smallest absolute Gasteiger partial charge is 0.343 e. The molecule has 1 aliphatic carbocycles. The number of anilines is 2. The summed E-state index contributed by atoms with van der Waals surface area (Å²) >= 11 is 0. The number of Topliss-reactive ketones (excluding diaryl/α,β-unsaturated/α-hetero) is 1. The maximum atomic E-state index is 13.2. The Morgan fingerprint density at radius 3 is 2.43 bits per heavy atom. The van der Waals surface area contributed by atoms with Crippen LogP contribution in [-0.2, 0) is 11.0 Å². The Morgan fingerprint density at radius 2 is 1.77 bits per heavy atom. The number of halogens is 3. The number of carbonyl (C=O) groups is 2. The fourth-order valence-corrected chi connectivity index (χ4v) is 4.76. The van der Waals surface area contributed by atoms with E-state index in [4.69, 9.17) is 0 Å². The van der Waals surface area contributed by atoms with Crippen LogP contribution in [0.3, 0.4) is 0 Å². The SMILES string of the molecule is CC1(C)CC(=O)C2=C(C1)Nc1c(C(=O)Nc3ccccc3)cnn1[C@H]2c1ccc(C(F)(F)F)cc1. The van der Waals surface area contributed by atoms with Crippen molar-refractivity contribution in [3.8, 4) is 0 Å². The van der Waals surface area contributed by atoms with Gasteiger partial charge in [0.2, 0.25) is 0 Å². The number of hydrogen-bond donors (Lipinski definition) is 2. The van der Waals surface area contributed by atoms with E-state index in [1.807, 2.05) is 19.9 Å². The fourth-order valence-electron chi connectivity index (χ4n) is 4.76. The van der Waals surface area contributed by atoms with E-state index in [0.717, 1.165) is 12.1 Å². The van der Waals surface area contributed by atoms with Crippen LogP contribution < -0.4 is 10.6 Å². The quantitative estimate of drug-likeness (QED) is 0.496. The number of benzene rings is 2. The summed E-state index contributed by atoms with van der Waals surface area (Å²) in [6.07, 6.45) is -2.20. The van der Waals surface area contributed by atoms with Crippen molar-refractivity contribution in [3.05, 3.63) is 88.8 Å². The predicted molar refractivity (Wildman–Crippen MR) is 125 cm³/mol. The van der Waals surface area contributed by atoms with Crippen LogP contribution in [-0.4, -0.2) is 21.5 Å². The van der Waals surface area contributed by atoms with Crippen LogP contribution in [0.5, 0.6) is 0 Å². The van der Waals surface area contributed by atoms with Crippen molar-refractivity contribution in [3.63, 3.8) is 0 Å². The summed E-state index contributed by atoms with van der Waals surface area (Å²) in [6.45, 7) is 3.97. The van der Waals surface area contributed by atoms with Crippen LogP contribution in [0.1, 0.15) is 54.2 Å². The Labute approximate surface area is 199 Å². The number of hydrogen-bond acceptors (Lipinski definition) is 4. The minimum atomic E-state index is -4.47. The first-order valence-corrected chi connectivity index (χ1v) is 11.2. The molecule has 6 nitrogen and oxygen atoms in total. The molecule has 2 aromatic carbocycles. The number of rotatable bonds is 3. The van der Waals surface area contributed by atoms with Gasteiger partial charge >= 0.3 is 6.18 Å². The van der Waals surface area contributed by atoms with Crippen molar-refractivity contribution < 1.29 is 22.8 Å². The number of nitrogens with zero attached hydrogens (tertiary/aromatic N) is 2. The second kappa shape index (κ2) is 8.11. The van der Waals surface area contributed by atoms with Crippen LogP contribution in [0.25, 0.3) is 0 Å². The summed E-state index contributed by atoms with van der Waals surface area (Å²) in [6, 6.07) is 12.9. The van der Waals surface area contributed by atoms with E-state index in [0.29, 0.717) is 41.2 Å². The number of amides is 1. The Hall–Kier alpha value is -3.88. The number of para-hydroxylation sites is 1. The van der Waals surface area contributed by atoms with E-state index in [-0.39, 0.29) is 22.7 Å². The molecule has 9 heteroatoms. The fraction of sp³-hybridized carbons (Fsp3) is 0.269. The maximum absolute atomic E-state index is 13.2. The molecule has 1 aliphatic heterocycles. The molecular weight excluding hydrogens is 457 g/mol. The monoisotopic (exact) mass is 480 g/mol. The van der Waals surface area contributed by atoms with Crippen LogP contribution in [0.2, 0.25) is 0 Å². The van der Waals surface area contributed by atoms with Crippen molar-refractivity contribution in [1.29, 1.82) is 0 Å². The van der Waals surface area contributed by atoms with Crippen LogP contribution in [0, 0.1) is 5.41 Å². The Bertz CT molecular complexity index is 1340. The molecule has 0 unspecified atom stereocenters. The normalized spacial score (nSPS) is 19.0. The highest BCUT2D eigenvalue weighted by Crippen LogP contribution is 2.46. The van der Waals surface area contributed by atoms with E-state index in [1.54, 1.807) is 24.3 Å². The molecular formula is C26H23F3N4O2. The van der Waals surface area contributed by atoms with Crippen LogP contribution in [0.15, 0.2) is 72.1 Å². The van der Waals surface area contributed by atoms with Gasteiger partial charge in [0.15, 0.2) is 5.78 Å². The Kier molecular flexibility index (Phi) is 5.30. The van der Waals surface area contributed by atoms with Gasteiger partial charge < -0.3 is 10.6 Å². The maximum Gasteiger partial charge on any atom is 0.416 e. The van der Waals surface area contributed by atoms with E-state index in [9.17, 15) is 22.8 Å². The van der Waals surface area contributed by atoms with Gasteiger partial charge in [0.05, 0.1) is 11.8 Å². The van der Waals surface area contributed by atoms with Crippen molar-refractivity contribution in [2.24, 2.45) is 5.41 Å². The number of alkyl halides is 3. The standard InChI is InChI=1S/C26H23F3N4O2/c1-25(2)12-19-21(20(34)13-25)22(15-8-10-16(11-9-15)26(27,28)29)33-23(32-19)18(14-30-33)24(35)31-17-6-4-3-5-7-17/h3-11,14,22,32H,12-13H2,1-2H3,(H,31,35)/t22-/m0/s1. The second-order valence-corrected chi connectivity index (χ2v) is 9.65. The van der Waals surface area contributed by atoms with Crippen molar-refractivity contribution >= 4 is 23.2 Å². The second-order valence-electron chi connectivity index (χ2n) is 9.65. The molecule has 35 heavy (non-hydrogen) atoms. The number of ketones is 1. The molecule has 0 fully saturated rings.